The monoisotopic (exact) mass is 272 g/mol. The highest BCUT2D eigenvalue weighted by molar-refractivity contribution is 7.07. The largest absolute Gasteiger partial charge is 0.481 e. The van der Waals surface area contributed by atoms with Gasteiger partial charge in [-0.2, -0.15) is 0 Å². The molecule has 7 heteroatoms. The Kier molecular flexibility index (Phi) is 5.57. The van der Waals surface area contributed by atoms with E-state index in [1.54, 1.807) is 12.3 Å². The van der Waals surface area contributed by atoms with E-state index in [4.69, 9.17) is 5.11 Å². The van der Waals surface area contributed by atoms with Crippen molar-refractivity contribution < 1.29 is 14.7 Å². The maximum absolute atomic E-state index is 11.5. The number of nitrogens with one attached hydrogen (secondary N) is 1. The molecule has 0 saturated carbocycles. The van der Waals surface area contributed by atoms with Crippen LogP contribution in [0.1, 0.15) is 25.0 Å². The van der Waals surface area contributed by atoms with Crippen LogP contribution in [0.15, 0.2) is 10.2 Å². The molecule has 0 radical (unpaired) electrons. The number of carboxylic acid groups (broad SMARTS) is 1. The maximum atomic E-state index is 11.5. The van der Waals surface area contributed by atoms with Gasteiger partial charge in [0, 0.05) is 24.0 Å². The van der Waals surface area contributed by atoms with Gasteiger partial charge in [-0.15, -0.1) is 0 Å². The minimum Gasteiger partial charge on any atom is -0.481 e. The molecule has 1 rings (SSSR count). The van der Waals surface area contributed by atoms with Crippen molar-refractivity contribution in [2.75, 3.05) is 6.54 Å². The number of aromatic nitrogens is 1. The lowest BCUT2D eigenvalue weighted by Crippen LogP contribution is -2.31. The first-order valence-corrected chi connectivity index (χ1v) is 6.52. The van der Waals surface area contributed by atoms with Crippen molar-refractivity contribution >= 4 is 23.2 Å². The van der Waals surface area contributed by atoms with Crippen LogP contribution < -0.4 is 10.2 Å². The lowest BCUT2D eigenvalue weighted by atomic mass is 10.2. The summed E-state index contributed by atoms with van der Waals surface area (Å²) in [5.74, 6) is -1.06. The minimum absolute atomic E-state index is 0.0209. The lowest BCUT2D eigenvalue weighted by Gasteiger charge is -2.06. The molecule has 1 heterocycles. The van der Waals surface area contributed by atoms with Crippen LogP contribution in [0.25, 0.3) is 0 Å². The molecule has 0 aromatic carbocycles. The molecule has 1 aromatic heterocycles. The van der Waals surface area contributed by atoms with E-state index in [1.807, 2.05) is 0 Å². The number of aliphatic carboxylic acids is 1. The molecule has 0 aliphatic carbocycles. The number of hydrogen-bond donors (Lipinski definition) is 2. The Hall–Kier alpha value is -1.63. The molecular formula is C11H16N2O4S. The summed E-state index contributed by atoms with van der Waals surface area (Å²) in [4.78, 5) is 33.0. The van der Waals surface area contributed by atoms with E-state index in [0.29, 0.717) is 19.4 Å². The van der Waals surface area contributed by atoms with Gasteiger partial charge in [0.15, 0.2) is 0 Å². The van der Waals surface area contributed by atoms with Crippen LogP contribution in [0.4, 0.5) is 0 Å². The fourth-order valence-corrected chi connectivity index (χ4v) is 2.16. The van der Waals surface area contributed by atoms with E-state index in [0.717, 1.165) is 17.0 Å². The van der Waals surface area contributed by atoms with E-state index in [1.165, 1.54) is 4.57 Å². The van der Waals surface area contributed by atoms with Gasteiger partial charge < -0.3 is 10.4 Å². The van der Waals surface area contributed by atoms with Gasteiger partial charge in [0.05, 0.1) is 0 Å². The Morgan fingerprint density at radius 3 is 2.72 bits per heavy atom. The van der Waals surface area contributed by atoms with Crippen LogP contribution >= 0.6 is 11.3 Å². The average Bonchev–Trinajstić information content (AvgIpc) is 2.60. The molecule has 2 N–H and O–H groups in total. The fraction of sp³-hybridized carbons (Fsp3) is 0.545. The quantitative estimate of drug-likeness (QED) is 0.711. The predicted octanol–water partition coefficient (Wildman–Crippen LogP) is 0.589. The smallest absolute Gasteiger partial charge is 0.307 e. The molecular weight excluding hydrogens is 256 g/mol. The summed E-state index contributed by atoms with van der Waals surface area (Å²) in [5, 5.41) is 12.8. The van der Waals surface area contributed by atoms with Gasteiger partial charge >= 0.3 is 10.8 Å². The number of aryl methyl sites for hydroxylation is 1. The normalized spacial score (nSPS) is 10.3. The number of rotatable bonds is 7. The molecule has 0 aliphatic heterocycles. The van der Waals surface area contributed by atoms with Crippen molar-refractivity contribution in [2.45, 2.75) is 32.7 Å². The third kappa shape index (κ3) is 4.70. The summed E-state index contributed by atoms with van der Waals surface area (Å²) in [6.07, 6.45) is 1.27. The second kappa shape index (κ2) is 6.95. The minimum atomic E-state index is -0.832. The molecule has 0 aliphatic rings. The van der Waals surface area contributed by atoms with Gasteiger partial charge in [0.2, 0.25) is 5.91 Å². The Morgan fingerprint density at radius 2 is 2.17 bits per heavy atom. The topological polar surface area (TPSA) is 88.4 Å². The fourth-order valence-electron chi connectivity index (χ4n) is 1.42. The molecule has 100 valence electrons. The maximum Gasteiger partial charge on any atom is 0.307 e. The summed E-state index contributed by atoms with van der Waals surface area (Å²) >= 11 is 1.07. The molecule has 0 bridgehead atoms. The van der Waals surface area contributed by atoms with Gasteiger partial charge in [-0.25, -0.2) is 0 Å². The van der Waals surface area contributed by atoms with Gasteiger partial charge in [0.25, 0.3) is 0 Å². The van der Waals surface area contributed by atoms with Gasteiger partial charge in [0.1, 0.15) is 6.54 Å². The number of carboxylic acids is 1. The molecule has 0 atom stereocenters. The number of unbranched alkanes of at least 4 members (excludes halogenated alkanes) is 1. The molecule has 0 unspecified atom stereocenters. The van der Waals surface area contributed by atoms with Crippen molar-refractivity contribution in [1.82, 2.24) is 9.88 Å². The first kappa shape index (κ1) is 14.4. The highest BCUT2D eigenvalue weighted by atomic mass is 32.1. The summed E-state index contributed by atoms with van der Waals surface area (Å²) in [6, 6.07) is 0. The average molecular weight is 272 g/mol. The third-order valence-electron chi connectivity index (χ3n) is 2.42. The highest BCUT2D eigenvalue weighted by Crippen LogP contribution is 1.99. The van der Waals surface area contributed by atoms with Crippen molar-refractivity contribution in [3.8, 4) is 0 Å². The summed E-state index contributed by atoms with van der Waals surface area (Å²) in [7, 11) is 0. The van der Waals surface area contributed by atoms with Crippen molar-refractivity contribution in [3.05, 3.63) is 20.7 Å². The molecule has 1 aromatic rings. The number of carbonyl (C=O) groups is 2. The molecule has 0 spiro atoms. The van der Waals surface area contributed by atoms with E-state index < -0.39 is 5.97 Å². The molecule has 18 heavy (non-hydrogen) atoms. The zero-order chi connectivity index (χ0) is 13.5. The Morgan fingerprint density at radius 1 is 1.44 bits per heavy atom. The van der Waals surface area contributed by atoms with Crippen LogP contribution in [-0.2, 0) is 16.1 Å². The Balaban J connectivity index is 2.26. The predicted molar refractivity (Wildman–Crippen MR) is 67.8 cm³/mol. The third-order valence-corrected chi connectivity index (χ3v) is 3.30. The van der Waals surface area contributed by atoms with Crippen molar-refractivity contribution in [3.63, 3.8) is 0 Å². The first-order chi connectivity index (χ1) is 8.50. The van der Waals surface area contributed by atoms with Crippen LogP contribution in [0.3, 0.4) is 0 Å². The zero-order valence-electron chi connectivity index (χ0n) is 10.1. The molecule has 6 nitrogen and oxygen atoms in total. The zero-order valence-corrected chi connectivity index (χ0v) is 11.0. The second-order valence-electron chi connectivity index (χ2n) is 3.93. The summed E-state index contributed by atoms with van der Waals surface area (Å²) in [5.41, 5.74) is 0.769. The van der Waals surface area contributed by atoms with E-state index >= 15 is 0 Å². The number of carbonyl (C=O) groups excluding carboxylic acids is 1. The Bertz CT molecular complexity index is 478. The standard InChI is InChI=1S/C11H16N2O4S/c1-8-7-18-11(17)13(8)6-9(14)12-5-3-2-4-10(15)16/h7H,2-6H2,1H3,(H,12,14)(H,15,16). The van der Waals surface area contributed by atoms with E-state index in [-0.39, 0.29) is 23.7 Å². The van der Waals surface area contributed by atoms with Crippen molar-refractivity contribution in [1.29, 1.82) is 0 Å². The summed E-state index contributed by atoms with van der Waals surface area (Å²) < 4.78 is 1.41. The van der Waals surface area contributed by atoms with Crippen LogP contribution in [0, 0.1) is 6.92 Å². The van der Waals surface area contributed by atoms with Gasteiger partial charge in [-0.1, -0.05) is 11.3 Å². The second-order valence-corrected chi connectivity index (χ2v) is 4.75. The number of hydrogen-bond acceptors (Lipinski definition) is 4. The highest BCUT2D eigenvalue weighted by Gasteiger charge is 2.07. The van der Waals surface area contributed by atoms with E-state index in [2.05, 4.69) is 5.32 Å². The lowest BCUT2D eigenvalue weighted by molar-refractivity contribution is -0.137. The number of nitrogens with zero attached hydrogens (tertiary/aromatic N) is 1. The van der Waals surface area contributed by atoms with Gasteiger partial charge in [-0.05, 0) is 19.8 Å². The summed E-state index contributed by atoms with van der Waals surface area (Å²) in [6.45, 7) is 2.23. The number of thiazole rings is 1. The van der Waals surface area contributed by atoms with Gasteiger partial charge in [-0.3, -0.25) is 19.0 Å². The van der Waals surface area contributed by atoms with Crippen LogP contribution in [0.5, 0.6) is 0 Å². The number of amides is 1. The van der Waals surface area contributed by atoms with Crippen LogP contribution in [0.2, 0.25) is 0 Å². The Labute approximate surface area is 108 Å². The van der Waals surface area contributed by atoms with E-state index in [9.17, 15) is 14.4 Å². The van der Waals surface area contributed by atoms with Crippen LogP contribution in [-0.4, -0.2) is 28.1 Å². The molecule has 1 amide bonds. The first-order valence-electron chi connectivity index (χ1n) is 5.64. The molecule has 0 saturated heterocycles. The SMILES string of the molecule is Cc1csc(=O)n1CC(=O)NCCCCC(=O)O. The van der Waals surface area contributed by atoms with Crippen molar-refractivity contribution in [2.24, 2.45) is 0 Å². The molecule has 0 fully saturated rings.